The molecule has 2 heterocycles. The zero-order chi connectivity index (χ0) is 10.8. The molecule has 0 fully saturated rings. The number of aromatic hydroxyl groups is 1. The van der Waals surface area contributed by atoms with Gasteiger partial charge in [0.05, 0.1) is 24.1 Å². The molecule has 0 spiro atoms. The number of hydrogen-bond donors (Lipinski definition) is 2. The van der Waals surface area contributed by atoms with Gasteiger partial charge in [-0.05, 0) is 0 Å². The molecule has 15 heavy (non-hydrogen) atoms. The van der Waals surface area contributed by atoms with Crippen LogP contribution in [0.1, 0.15) is 0 Å². The zero-order valence-corrected chi connectivity index (χ0v) is 7.41. The standard InChI is InChI=1S/C8H6N4O3/c13-6-1-7(14)12(8(15)11-6)5-2-9-4-10-3-5/h1-4,14H,(H,11,13,15). The Bertz CT molecular complexity index is 587. The lowest BCUT2D eigenvalue weighted by Gasteiger charge is -2.04. The molecule has 0 bridgehead atoms. The number of nitrogens with one attached hydrogen (secondary N) is 1. The van der Waals surface area contributed by atoms with Crippen LogP contribution >= 0.6 is 0 Å². The Morgan fingerprint density at radius 3 is 2.53 bits per heavy atom. The summed E-state index contributed by atoms with van der Waals surface area (Å²) in [6.07, 6.45) is 3.97. The molecule has 7 nitrogen and oxygen atoms in total. The quantitative estimate of drug-likeness (QED) is 0.624. The van der Waals surface area contributed by atoms with Crippen LogP contribution in [0.15, 0.2) is 34.4 Å². The van der Waals surface area contributed by atoms with Gasteiger partial charge in [-0.3, -0.25) is 9.78 Å². The van der Waals surface area contributed by atoms with E-state index in [1.807, 2.05) is 4.98 Å². The summed E-state index contributed by atoms with van der Waals surface area (Å²) in [5, 5.41) is 9.41. The van der Waals surface area contributed by atoms with Gasteiger partial charge in [-0.1, -0.05) is 0 Å². The van der Waals surface area contributed by atoms with E-state index < -0.39 is 17.1 Å². The molecule has 2 rings (SSSR count). The lowest BCUT2D eigenvalue weighted by atomic mass is 10.5. The fourth-order valence-electron chi connectivity index (χ4n) is 1.14. The van der Waals surface area contributed by atoms with Gasteiger partial charge in [0.25, 0.3) is 5.56 Å². The molecule has 0 saturated heterocycles. The van der Waals surface area contributed by atoms with Crippen molar-refractivity contribution < 1.29 is 5.11 Å². The average molecular weight is 206 g/mol. The van der Waals surface area contributed by atoms with E-state index in [9.17, 15) is 14.7 Å². The Labute approximate surface area is 82.7 Å². The highest BCUT2D eigenvalue weighted by Gasteiger charge is 2.06. The third-order valence-electron chi connectivity index (χ3n) is 1.73. The number of hydrogen-bond acceptors (Lipinski definition) is 5. The molecule has 0 amide bonds. The van der Waals surface area contributed by atoms with Crippen LogP contribution in [0.4, 0.5) is 0 Å². The van der Waals surface area contributed by atoms with Crippen molar-refractivity contribution in [3.05, 3.63) is 45.6 Å². The molecule has 0 aliphatic rings. The van der Waals surface area contributed by atoms with Crippen molar-refractivity contribution in [2.45, 2.75) is 0 Å². The van der Waals surface area contributed by atoms with E-state index in [-0.39, 0.29) is 5.69 Å². The normalized spacial score (nSPS) is 10.1. The van der Waals surface area contributed by atoms with Crippen molar-refractivity contribution in [3.63, 3.8) is 0 Å². The maximum atomic E-state index is 11.4. The van der Waals surface area contributed by atoms with Crippen molar-refractivity contribution in [1.29, 1.82) is 0 Å². The summed E-state index contributed by atoms with van der Waals surface area (Å²) >= 11 is 0. The number of aromatic amines is 1. The molecule has 0 saturated carbocycles. The Morgan fingerprint density at radius 2 is 1.93 bits per heavy atom. The Kier molecular flexibility index (Phi) is 2.05. The van der Waals surface area contributed by atoms with E-state index in [4.69, 9.17) is 0 Å². The first-order valence-corrected chi connectivity index (χ1v) is 3.99. The minimum atomic E-state index is -0.741. The molecular formula is C8H6N4O3. The van der Waals surface area contributed by atoms with E-state index >= 15 is 0 Å². The Hall–Kier alpha value is -2.44. The molecule has 0 atom stereocenters. The van der Waals surface area contributed by atoms with Crippen molar-refractivity contribution in [2.24, 2.45) is 0 Å². The lowest BCUT2D eigenvalue weighted by molar-refractivity contribution is 0.431. The SMILES string of the molecule is O=c1cc(O)n(-c2cncnc2)c(=O)[nH]1. The van der Waals surface area contributed by atoms with Gasteiger partial charge in [0.15, 0.2) is 0 Å². The van der Waals surface area contributed by atoms with Crippen LogP contribution in [0.25, 0.3) is 5.69 Å². The van der Waals surface area contributed by atoms with Gasteiger partial charge in [-0.15, -0.1) is 0 Å². The van der Waals surface area contributed by atoms with Crippen molar-refractivity contribution >= 4 is 0 Å². The molecule has 2 aromatic heterocycles. The molecule has 2 N–H and O–H groups in total. The molecule has 0 aliphatic carbocycles. The Balaban J connectivity index is 2.75. The predicted molar refractivity (Wildman–Crippen MR) is 49.9 cm³/mol. The largest absolute Gasteiger partial charge is 0.494 e. The number of rotatable bonds is 1. The maximum absolute atomic E-state index is 11.4. The van der Waals surface area contributed by atoms with E-state index in [1.54, 1.807) is 0 Å². The van der Waals surface area contributed by atoms with E-state index in [0.29, 0.717) is 0 Å². The van der Waals surface area contributed by atoms with Gasteiger partial charge in [-0.2, -0.15) is 0 Å². The van der Waals surface area contributed by atoms with Crippen LogP contribution in [0.3, 0.4) is 0 Å². The van der Waals surface area contributed by atoms with Crippen LogP contribution in [-0.2, 0) is 0 Å². The summed E-state index contributed by atoms with van der Waals surface area (Å²) in [4.78, 5) is 31.6. The van der Waals surface area contributed by atoms with Gasteiger partial charge >= 0.3 is 5.69 Å². The molecule has 0 aromatic carbocycles. The van der Waals surface area contributed by atoms with Crippen LogP contribution in [-0.4, -0.2) is 24.6 Å². The summed E-state index contributed by atoms with van der Waals surface area (Å²) in [5.41, 5.74) is -1.13. The molecule has 0 radical (unpaired) electrons. The summed E-state index contributed by atoms with van der Waals surface area (Å²) < 4.78 is 0.890. The second kappa shape index (κ2) is 3.37. The molecule has 0 aliphatic heterocycles. The number of H-pyrrole nitrogens is 1. The average Bonchev–Trinajstić information content (AvgIpc) is 2.17. The topological polar surface area (TPSA) is 101 Å². The third kappa shape index (κ3) is 1.62. The second-order valence-corrected chi connectivity index (χ2v) is 2.73. The highest BCUT2D eigenvalue weighted by Crippen LogP contribution is 2.07. The zero-order valence-electron chi connectivity index (χ0n) is 7.41. The molecule has 0 unspecified atom stereocenters. The predicted octanol–water partition coefficient (Wildman–Crippen LogP) is -0.979. The highest BCUT2D eigenvalue weighted by molar-refractivity contribution is 5.29. The van der Waals surface area contributed by atoms with Crippen LogP contribution < -0.4 is 11.2 Å². The summed E-state index contributed by atoms with van der Waals surface area (Å²) in [6, 6.07) is 0.897. The smallest absolute Gasteiger partial charge is 0.335 e. The first kappa shape index (κ1) is 9.13. The lowest BCUT2D eigenvalue weighted by Crippen LogP contribution is -2.28. The number of nitrogens with zero attached hydrogens (tertiary/aromatic N) is 3. The number of aromatic nitrogens is 4. The first-order chi connectivity index (χ1) is 7.18. The van der Waals surface area contributed by atoms with E-state index in [0.717, 1.165) is 10.6 Å². The van der Waals surface area contributed by atoms with Crippen molar-refractivity contribution in [3.8, 4) is 11.6 Å². The van der Waals surface area contributed by atoms with E-state index in [2.05, 4.69) is 9.97 Å². The van der Waals surface area contributed by atoms with Crippen LogP contribution in [0, 0.1) is 0 Å². The van der Waals surface area contributed by atoms with Crippen molar-refractivity contribution in [2.75, 3.05) is 0 Å². The summed E-state index contributed by atoms with van der Waals surface area (Å²) in [7, 11) is 0. The monoisotopic (exact) mass is 206 g/mol. The maximum Gasteiger partial charge on any atom is 0.335 e. The van der Waals surface area contributed by atoms with Crippen LogP contribution in [0.2, 0.25) is 0 Å². The second-order valence-electron chi connectivity index (χ2n) is 2.73. The van der Waals surface area contributed by atoms with Crippen LogP contribution in [0.5, 0.6) is 5.88 Å². The fraction of sp³-hybridized carbons (Fsp3) is 0. The third-order valence-corrected chi connectivity index (χ3v) is 1.73. The van der Waals surface area contributed by atoms with Gasteiger partial charge in [-0.25, -0.2) is 19.3 Å². The molecule has 2 aromatic rings. The Morgan fingerprint density at radius 1 is 1.27 bits per heavy atom. The van der Waals surface area contributed by atoms with Crippen molar-refractivity contribution in [1.82, 2.24) is 19.5 Å². The molecule has 76 valence electrons. The van der Waals surface area contributed by atoms with Gasteiger partial charge < -0.3 is 5.11 Å². The summed E-state index contributed by atoms with van der Waals surface area (Å²) in [6.45, 7) is 0. The van der Waals surface area contributed by atoms with E-state index in [1.165, 1.54) is 18.7 Å². The summed E-state index contributed by atoms with van der Waals surface area (Å²) in [5.74, 6) is -0.460. The first-order valence-electron chi connectivity index (χ1n) is 3.99. The van der Waals surface area contributed by atoms with Gasteiger partial charge in [0.1, 0.15) is 6.33 Å². The van der Waals surface area contributed by atoms with Gasteiger partial charge in [0, 0.05) is 0 Å². The minimum Gasteiger partial charge on any atom is -0.494 e. The van der Waals surface area contributed by atoms with Gasteiger partial charge in [0.2, 0.25) is 5.88 Å². The fourth-order valence-corrected chi connectivity index (χ4v) is 1.14. The molecular weight excluding hydrogens is 200 g/mol. The highest BCUT2D eigenvalue weighted by atomic mass is 16.3. The minimum absolute atomic E-state index is 0.274. The molecule has 7 heteroatoms.